The van der Waals surface area contributed by atoms with E-state index in [-0.39, 0.29) is 6.04 Å². The third-order valence-electron chi connectivity index (χ3n) is 2.99. The summed E-state index contributed by atoms with van der Waals surface area (Å²) in [5.74, 6) is 1.78. The molecule has 5 nitrogen and oxygen atoms in total. The van der Waals surface area contributed by atoms with Crippen LogP contribution in [0.3, 0.4) is 0 Å². The van der Waals surface area contributed by atoms with Crippen molar-refractivity contribution in [2.45, 2.75) is 26.3 Å². The average Bonchev–Trinajstić information content (AvgIpc) is 2.93. The molecular formula is C14H18BrN3O2. The fourth-order valence-corrected chi connectivity index (χ4v) is 2.32. The monoisotopic (exact) mass is 339 g/mol. The lowest BCUT2D eigenvalue weighted by molar-refractivity contribution is 0.396. The first-order valence-electron chi connectivity index (χ1n) is 6.60. The molecule has 0 aliphatic rings. The molecule has 0 fully saturated rings. The summed E-state index contributed by atoms with van der Waals surface area (Å²) in [6.45, 7) is 4.99. The summed E-state index contributed by atoms with van der Waals surface area (Å²) in [6.07, 6.45) is 0.896. The molecule has 0 aliphatic carbocycles. The number of benzene rings is 1. The van der Waals surface area contributed by atoms with E-state index in [4.69, 9.17) is 9.15 Å². The van der Waals surface area contributed by atoms with Crippen LogP contribution in [0.15, 0.2) is 27.1 Å². The molecule has 0 radical (unpaired) electrons. The topological polar surface area (TPSA) is 60.2 Å². The minimum absolute atomic E-state index is 0.0858. The van der Waals surface area contributed by atoms with Crippen LogP contribution in [0.25, 0.3) is 11.5 Å². The van der Waals surface area contributed by atoms with Crippen molar-refractivity contribution >= 4 is 15.9 Å². The fraction of sp³-hybridized carbons (Fsp3) is 0.429. The zero-order valence-electron chi connectivity index (χ0n) is 11.8. The van der Waals surface area contributed by atoms with Crippen molar-refractivity contribution in [1.29, 1.82) is 0 Å². The van der Waals surface area contributed by atoms with Gasteiger partial charge in [-0.05, 0) is 31.2 Å². The van der Waals surface area contributed by atoms with E-state index < -0.39 is 0 Å². The van der Waals surface area contributed by atoms with E-state index in [1.165, 1.54) is 0 Å². The molecule has 0 amide bonds. The lowest BCUT2D eigenvalue weighted by Crippen LogP contribution is -2.20. The Bertz CT molecular complexity index is 571. The Morgan fingerprint density at radius 1 is 1.35 bits per heavy atom. The molecule has 1 atom stereocenters. The van der Waals surface area contributed by atoms with Gasteiger partial charge in [0.1, 0.15) is 5.75 Å². The van der Waals surface area contributed by atoms with E-state index in [0.717, 1.165) is 23.0 Å². The number of ether oxygens (including phenoxy) is 1. The molecule has 0 aliphatic heterocycles. The van der Waals surface area contributed by atoms with Crippen LogP contribution in [-0.2, 0) is 0 Å². The van der Waals surface area contributed by atoms with Crippen molar-refractivity contribution in [3.63, 3.8) is 0 Å². The van der Waals surface area contributed by atoms with Crippen molar-refractivity contribution in [3.8, 4) is 17.2 Å². The highest BCUT2D eigenvalue weighted by atomic mass is 79.9. The Morgan fingerprint density at radius 2 is 2.15 bits per heavy atom. The van der Waals surface area contributed by atoms with Crippen molar-refractivity contribution in [1.82, 2.24) is 15.5 Å². The summed E-state index contributed by atoms with van der Waals surface area (Å²) in [6, 6.07) is 5.78. The van der Waals surface area contributed by atoms with Gasteiger partial charge in [-0.3, -0.25) is 0 Å². The van der Waals surface area contributed by atoms with Crippen molar-refractivity contribution in [2.24, 2.45) is 0 Å². The number of halogens is 1. The second-order valence-electron chi connectivity index (χ2n) is 4.31. The van der Waals surface area contributed by atoms with Gasteiger partial charge < -0.3 is 14.5 Å². The molecule has 2 aromatic rings. The molecule has 1 aromatic carbocycles. The number of rotatable bonds is 6. The molecule has 1 aromatic heterocycles. The lowest BCUT2D eigenvalue weighted by Gasteiger charge is -2.10. The first-order chi connectivity index (χ1) is 9.69. The third-order valence-corrected chi connectivity index (χ3v) is 3.48. The predicted molar refractivity (Wildman–Crippen MR) is 80.7 cm³/mol. The Kier molecular flexibility index (Phi) is 5.14. The first-order valence-corrected chi connectivity index (χ1v) is 7.39. The van der Waals surface area contributed by atoms with Crippen molar-refractivity contribution in [2.75, 3.05) is 13.7 Å². The van der Waals surface area contributed by atoms with Gasteiger partial charge in [0, 0.05) is 4.47 Å². The number of hydrogen-bond donors (Lipinski definition) is 1. The van der Waals surface area contributed by atoms with E-state index in [9.17, 15) is 0 Å². The maximum atomic E-state index is 5.78. The average molecular weight is 340 g/mol. The van der Waals surface area contributed by atoms with E-state index in [1.54, 1.807) is 7.11 Å². The zero-order valence-corrected chi connectivity index (χ0v) is 13.4. The van der Waals surface area contributed by atoms with E-state index >= 15 is 0 Å². The van der Waals surface area contributed by atoms with Gasteiger partial charge >= 0.3 is 0 Å². The number of methoxy groups -OCH3 is 1. The van der Waals surface area contributed by atoms with Gasteiger partial charge in [0.15, 0.2) is 0 Å². The number of nitrogens with one attached hydrogen (secondary N) is 1. The Labute approximate surface area is 126 Å². The van der Waals surface area contributed by atoms with Crippen LogP contribution in [0, 0.1) is 0 Å². The second kappa shape index (κ2) is 6.85. The lowest BCUT2D eigenvalue weighted by atomic mass is 10.2. The van der Waals surface area contributed by atoms with Crippen LogP contribution in [0.4, 0.5) is 0 Å². The quantitative estimate of drug-likeness (QED) is 0.871. The van der Waals surface area contributed by atoms with Gasteiger partial charge in [-0.2, -0.15) is 0 Å². The van der Waals surface area contributed by atoms with Crippen LogP contribution in [0.1, 0.15) is 32.2 Å². The van der Waals surface area contributed by atoms with Crippen LogP contribution in [-0.4, -0.2) is 23.9 Å². The number of hydrogen-bond acceptors (Lipinski definition) is 5. The van der Waals surface area contributed by atoms with Gasteiger partial charge in [0.25, 0.3) is 5.89 Å². The molecule has 108 valence electrons. The van der Waals surface area contributed by atoms with Crippen LogP contribution in [0.2, 0.25) is 0 Å². The molecule has 2 rings (SSSR count). The highest BCUT2D eigenvalue weighted by molar-refractivity contribution is 9.10. The Hall–Kier alpha value is -1.40. The molecule has 20 heavy (non-hydrogen) atoms. The van der Waals surface area contributed by atoms with Crippen LogP contribution >= 0.6 is 15.9 Å². The minimum atomic E-state index is 0.0858. The molecule has 0 saturated carbocycles. The Balaban J connectivity index is 2.33. The molecule has 1 unspecified atom stereocenters. The standard InChI is InChI=1S/C14H18BrN3O2/c1-4-11(16-5-2)14-18-17-13(20-14)10-7-6-9(15)8-12(10)19-3/h6-8,11,16H,4-5H2,1-3H3. The molecule has 0 saturated heterocycles. The number of aromatic nitrogens is 2. The molecule has 0 spiro atoms. The zero-order chi connectivity index (χ0) is 14.5. The molecule has 6 heteroatoms. The largest absolute Gasteiger partial charge is 0.496 e. The van der Waals surface area contributed by atoms with Crippen LogP contribution < -0.4 is 10.1 Å². The minimum Gasteiger partial charge on any atom is -0.496 e. The summed E-state index contributed by atoms with van der Waals surface area (Å²) >= 11 is 3.41. The van der Waals surface area contributed by atoms with E-state index in [2.05, 4.69) is 45.3 Å². The fourth-order valence-electron chi connectivity index (χ4n) is 1.98. The molecule has 1 N–H and O–H groups in total. The first kappa shape index (κ1) is 15.0. The Morgan fingerprint density at radius 3 is 2.80 bits per heavy atom. The smallest absolute Gasteiger partial charge is 0.251 e. The maximum Gasteiger partial charge on any atom is 0.251 e. The third kappa shape index (κ3) is 3.19. The molecule has 0 bridgehead atoms. The summed E-state index contributed by atoms with van der Waals surface area (Å²) in [5.41, 5.74) is 0.792. The predicted octanol–water partition coefficient (Wildman–Crippen LogP) is 3.57. The van der Waals surface area contributed by atoms with Crippen LogP contribution in [0.5, 0.6) is 5.75 Å². The number of nitrogens with zero attached hydrogens (tertiary/aromatic N) is 2. The van der Waals surface area contributed by atoms with Crippen molar-refractivity contribution < 1.29 is 9.15 Å². The van der Waals surface area contributed by atoms with E-state index in [0.29, 0.717) is 17.5 Å². The van der Waals surface area contributed by atoms with Gasteiger partial charge in [0.2, 0.25) is 5.89 Å². The van der Waals surface area contributed by atoms with Gasteiger partial charge in [-0.15, -0.1) is 10.2 Å². The summed E-state index contributed by atoms with van der Waals surface area (Å²) < 4.78 is 12.1. The maximum absolute atomic E-state index is 5.78. The van der Waals surface area contributed by atoms with Crippen molar-refractivity contribution in [3.05, 3.63) is 28.6 Å². The van der Waals surface area contributed by atoms with E-state index in [1.807, 2.05) is 18.2 Å². The van der Waals surface area contributed by atoms with Gasteiger partial charge in [-0.1, -0.05) is 29.8 Å². The summed E-state index contributed by atoms with van der Waals surface area (Å²) in [7, 11) is 1.62. The molecular weight excluding hydrogens is 322 g/mol. The highest BCUT2D eigenvalue weighted by Gasteiger charge is 2.18. The second-order valence-corrected chi connectivity index (χ2v) is 5.22. The molecule has 1 heterocycles. The SMILES string of the molecule is CCNC(CC)c1nnc(-c2ccc(Br)cc2OC)o1. The van der Waals surface area contributed by atoms with Gasteiger partial charge in [0.05, 0.1) is 18.7 Å². The van der Waals surface area contributed by atoms with Gasteiger partial charge in [-0.25, -0.2) is 0 Å². The normalized spacial score (nSPS) is 12.4. The summed E-state index contributed by atoms with van der Waals surface area (Å²) in [4.78, 5) is 0. The summed E-state index contributed by atoms with van der Waals surface area (Å²) in [5, 5.41) is 11.6. The highest BCUT2D eigenvalue weighted by Crippen LogP contribution is 2.32.